The molecule has 0 aliphatic heterocycles. The van der Waals surface area contributed by atoms with Crippen LogP contribution < -0.4 is 0 Å². The maximum absolute atomic E-state index is 12.8. The summed E-state index contributed by atoms with van der Waals surface area (Å²) in [6.07, 6.45) is 5.50. The molecule has 1 fully saturated rings. The second-order valence-corrected chi connectivity index (χ2v) is 7.99. The predicted molar refractivity (Wildman–Crippen MR) is 95.7 cm³/mol. The van der Waals surface area contributed by atoms with E-state index in [4.69, 9.17) is 4.42 Å². The van der Waals surface area contributed by atoms with Crippen molar-refractivity contribution in [2.45, 2.75) is 37.5 Å². The summed E-state index contributed by atoms with van der Waals surface area (Å²) in [4.78, 5) is 14.7. The molecule has 5 heteroatoms. The number of nitrogens with zero attached hydrogens (tertiary/aromatic N) is 1. The van der Waals surface area contributed by atoms with Gasteiger partial charge in [0.25, 0.3) is 5.91 Å². The molecule has 1 aromatic carbocycles. The Hall–Kier alpha value is -0.940. The molecule has 1 saturated carbocycles. The van der Waals surface area contributed by atoms with Gasteiger partial charge in [-0.3, -0.25) is 4.79 Å². The summed E-state index contributed by atoms with van der Waals surface area (Å²) in [5, 5.41) is 1.67. The molecule has 1 aliphatic rings. The number of amides is 1. The zero-order valence-corrected chi connectivity index (χ0v) is 15.5. The SMILES string of the molecule is CS[C@H]1CC[C@H](N(C)C(=O)c2oc3ccc(Br)cc3c2C)C1. The van der Waals surface area contributed by atoms with Crippen LogP contribution in [0, 0.1) is 6.92 Å². The van der Waals surface area contributed by atoms with Gasteiger partial charge in [0.2, 0.25) is 0 Å². The Morgan fingerprint density at radius 2 is 2.18 bits per heavy atom. The topological polar surface area (TPSA) is 33.5 Å². The van der Waals surface area contributed by atoms with Crippen LogP contribution in [0.1, 0.15) is 35.4 Å². The second-order valence-electron chi connectivity index (χ2n) is 5.94. The van der Waals surface area contributed by atoms with Crippen LogP contribution in [0.2, 0.25) is 0 Å². The van der Waals surface area contributed by atoms with Gasteiger partial charge in [-0.05, 0) is 50.6 Å². The molecule has 0 radical (unpaired) electrons. The summed E-state index contributed by atoms with van der Waals surface area (Å²) in [5.41, 5.74) is 1.69. The van der Waals surface area contributed by atoms with Gasteiger partial charge in [0.15, 0.2) is 5.76 Å². The average Bonchev–Trinajstić information content (AvgIpc) is 3.11. The first-order valence-electron chi connectivity index (χ1n) is 7.50. The van der Waals surface area contributed by atoms with Crippen molar-refractivity contribution < 1.29 is 9.21 Å². The fraction of sp³-hybridized carbons (Fsp3) is 0.471. The third-order valence-corrected chi connectivity index (χ3v) is 6.24. The van der Waals surface area contributed by atoms with Crippen LogP contribution in [0.3, 0.4) is 0 Å². The molecule has 0 bridgehead atoms. The van der Waals surface area contributed by atoms with E-state index in [0.717, 1.165) is 33.8 Å². The van der Waals surface area contributed by atoms with Crippen molar-refractivity contribution >= 4 is 44.6 Å². The van der Waals surface area contributed by atoms with Crippen molar-refractivity contribution in [1.82, 2.24) is 4.90 Å². The highest BCUT2D eigenvalue weighted by atomic mass is 79.9. The van der Waals surface area contributed by atoms with Gasteiger partial charge in [-0.1, -0.05) is 15.9 Å². The highest BCUT2D eigenvalue weighted by Crippen LogP contribution is 2.33. The number of fused-ring (bicyclic) bond motifs is 1. The summed E-state index contributed by atoms with van der Waals surface area (Å²) in [7, 11) is 1.90. The molecular formula is C17H20BrNO2S. The van der Waals surface area contributed by atoms with Gasteiger partial charge >= 0.3 is 0 Å². The van der Waals surface area contributed by atoms with Gasteiger partial charge in [0.05, 0.1) is 0 Å². The van der Waals surface area contributed by atoms with E-state index < -0.39 is 0 Å². The minimum atomic E-state index is -0.00317. The van der Waals surface area contributed by atoms with E-state index in [2.05, 4.69) is 22.2 Å². The van der Waals surface area contributed by atoms with E-state index in [-0.39, 0.29) is 5.91 Å². The van der Waals surface area contributed by atoms with Crippen LogP contribution in [0.25, 0.3) is 11.0 Å². The van der Waals surface area contributed by atoms with Gasteiger partial charge in [-0.2, -0.15) is 11.8 Å². The van der Waals surface area contributed by atoms with Crippen LogP contribution in [-0.4, -0.2) is 35.4 Å². The first kappa shape index (κ1) is 15.9. The lowest BCUT2D eigenvalue weighted by atomic mass is 10.1. The van der Waals surface area contributed by atoms with Crippen LogP contribution in [0.4, 0.5) is 0 Å². The number of rotatable bonds is 3. The molecule has 2 atom stereocenters. The maximum Gasteiger partial charge on any atom is 0.289 e. The van der Waals surface area contributed by atoms with Gasteiger partial charge in [0, 0.05) is 33.8 Å². The molecule has 2 aromatic rings. The third-order valence-electron chi connectivity index (χ3n) is 4.65. The van der Waals surface area contributed by atoms with Crippen LogP contribution in [0.15, 0.2) is 27.1 Å². The minimum absolute atomic E-state index is 0.00317. The molecular weight excluding hydrogens is 362 g/mol. The first-order valence-corrected chi connectivity index (χ1v) is 9.58. The van der Waals surface area contributed by atoms with Crippen molar-refractivity contribution in [1.29, 1.82) is 0 Å². The Balaban J connectivity index is 1.87. The van der Waals surface area contributed by atoms with E-state index in [1.165, 1.54) is 6.42 Å². The lowest BCUT2D eigenvalue weighted by Gasteiger charge is -2.24. The van der Waals surface area contributed by atoms with Crippen molar-refractivity contribution in [3.05, 3.63) is 34.0 Å². The highest BCUT2D eigenvalue weighted by Gasteiger charge is 2.31. The van der Waals surface area contributed by atoms with Gasteiger partial charge in [0.1, 0.15) is 5.58 Å². The highest BCUT2D eigenvalue weighted by molar-refractivity contribution is 9.10. The van der Waals surface area contributed by atoms with E-state index >= 15 is 0 Å². The number of hydrogen-bond acceptors (Lipinski definition) is 3. The molecule has 22 heavy (non-hydrogen) atoms. The van der Waals surface area contributed by atoms with Crippen molar-refractivity contribution in [3.8, 4) is 0 Å². The van der Waals surface area contributed by atoms with Gasteiger partial charge in [-0.25, -0.2) is 0 Å². The number of carbonyl (C=O) groups is 1. The molecule has 1 heterocycles. The van der Waals surface area contributed by atoms with Gasteiger partial charge < -0.3 is 9.32 Å². The lowest BCUT2D eigenvalue weighted by molar-refractivity contribution is 0.0704. The molecule has 0 saturated heterocycles. The number of halogens is 1. The first-order chi connectivity index (χ1) is 10.5. The standard InChI is InChI=1S/C17H20BrNO2S/c1-10-14-8-11(18)4-7-15(14)21-16(10)17(20)19(2)12-5-6-13(9-12)22-3/h4,7-8,12-13H,5-6,9H2,1-3H3/t12-,13-/m0/s1. The number of benzene rings is 1. The zero-order valence-electron chi connectivity index (χ0n) is 13.1. The smallest absolute Gasteiger partial charge is 0.289 e. The summed E-state index contributed by atoms with van der Waals surface area (Å²) in [6.45, 7) is 1.96. The molecule has 3 rings (SSSR count). The Morgan fingerprint density at radius 3 is 2.86 bits per heavy atom. The van der Waals surface area contributed by atoms with Crippen molar-refractivity contribution in [2.75, 3.05) is 13.3 Å². The van der Waals surface area contributed by atoms with Crippen molar-refractivity contribution in [3.63, 3.8) is 0 Å². The predicted octanol–water partition coefficient (Wildman–Crippen LogP) is 4.86. The number of thioether (sulfide) groups is 1. The minimum Gasteiger partial charge on any atom is -0.451 e. The summed E-state index contributed by atoms with van der Waals surface area (Å²) in [5.74, 6) is 0.472. The lowest BCUT2D eigenvalue weighted by Crippen LogP contribution is -2.35. The zero-order chi connectivity index (χ0) is 15.9. The molecule has 3 nitrogen and oxygen atoms in total. The number of aryl methyl sites for hydroxylation is 1. The molecule has 1 amide bonds. The largest absolute Gasteiger partial charge is 0.451 e. The number of hydrogen-bond donors (Lipinski definition) is 0. The summed E-state index contributed by atoms with van der Waals surface area (Å²) < 4.78 is 6.83. The van der Waals surface area contributed by atoms with Crippen LogP contribution >= 0.6 is 27.7 Å². The molecule has 1 aromatic heterocycles. The monoisotopic (exact) mass is 381 g/mol. The van der Waals surface area contributed by atoms with Gasteiger partial charge in [-0.15, -0.1) is 0 Å². The number of furan rings is 1. The summed E-state index contributed by atoms with van der Waals surface area (Å²) in [6, 6.07) is 6.17. The Bertz CT molecular complexity index is 712. The van der Waals surface area contributed by atoms with E-state index in [1.54, 1.807) is 0 Å². The summed E-state index contributed by atoms with van der Waals surface area (Å²) >= 11 is 5.37. The maximum atomic E-state index is 12.8. The Morgan fingerprint density at radius 1 is 1.41 bits per heavy atom. The number of carbonyl (C=O) groups excluding carboxylic acids is 1. The third kappa shape index (κ3) is 2.81. The van der Waals surface area contributed by atoms with E-state index in [1.807, 2.05) is 48.8 Å². The Kier molecular flexibility index (Phi) is 4.55. The quantitative estimate of drug-likeness (QED) is 0.760. The molecule has 1 aliphatic carbocycles. The van der Waals surface area contributed by atoms with Crippen LogP contribution in [-0.2, 0) is 0 Å². The molecule has 0 unspecified atom stereocenters. The van der Waals surface area contributed by atoms with Crippen molar-refractivity contribution in [2.24, 2.45) is 0 Å². The van der Waals surface area contributed by atoms with E-state index in [0.29, 0.717) is 17.1 Å². The molecule has 0 spiro atoms. The second kappa shape index (κ2) is 6.28. The fourth-order valence-corrected chi connectivity index (χ4v) is 4.35. The fourth-order valence-electron chi connectivity index (χ4n) is 3.21. The molecule has 118 valence electrons. The Labute approximate surface area is 143 Å². The normalized spacial score (nSPS) is 21.5. The van der Waals surface area contributed by atoms with Crippen LogP contribution in [0.5, 0.6) is 0 Å². The van der Waals surface area contributed by atoms with E-state index in [9.17, 15) is 4.79 Å². The molecule has 0 N–H and O–H groups in total. The average molecular weight is 382 g/mol.